The van der Waals surface area contributed by atoms with Gasteiger partial charge in [0.2, 0.25) is 5.91 Å². The Morgan fingerprint density at radius 2 is 1.96 bits per heavy atom. The molecule has 24 heavy (non-hydrogen) atoms. The second-order valence-electron chi connectivity index (χ2n) is 5.94. The number of pyridine rings is 1. The summed E-state index contributed by atoms with van der Waals surface area (Å²) in [7, 11) is 4.48. The van der Waals surface area contributed by atoms with Crippen LogP contribution >= 0.6 is 0 Å². The fourth-order valence-electron chi connectivity index (χ4n) is 1.99. The first kappa shape index (κ1) is 19.4. The summed E-state index contributed by atoms with van der Waals surface area (Å²) in [6.07, 6.45) is 1.22. The van der Waals surface area contributed by atoms with Crippen LogP contribution in [0.2, 0.25) is 0 Å². The van der Waals surface area contributed by atoms with Gasteiger partial charge in [-0.25, -0.2) is 4.79 Å². The van der Waals surface area contributed by atoms with E-state index in [2.05, 4.69) is 20.4 Å². The van der Waals surface area contributed by atoms with E-state index in [4.69, 9.17) is 0 Å². The van der Waals surface area contributed by atoms with E-state index in [-0.39, 0.29) is 23.4 Å². The fraction of sp³-hybridized carbons (Fsp3) is 0.500. The van der Waals surface area contributed by atoms with E-state index < -0.39 is 12.1 Å². The summed E-state index contributed by atoms with van der Waals surface area (Å²) in [5, 5.41) is 5.20. The van der Waals surface area contributed by atoms with Crippen molar-refractivity contribution in [1.82, 2.24) is 15.2 Å². The molecule has 0 radical (unpaired) electrons. The van der Waals surface area contributed by atoms with Gasteiger partial charge in [0.15, 0.2) is 0 Å². The average Bonchev–Trinajstić information content (AvgIpc) is 2.52. The lowest BCUT2D eigenvalue weighted by Crippen LogP contribution is -2.44. The zero-order valence-corrected chi connectivity index (χ0v) is 14.6. The van der Waals surface area contributed by atoms with Crippen molar-refractivity contribution in [3.05, 3.63) is 24.0 Å². The van der Waals surface area contributed by atoms with Gasteiger partial charge in [-0.2, -0.15) is 0 Å². The lowest BCUT2D eigenvalue weighted by molar-refractivity contribution is -0.118. The van der Waals surface area contributed by atoms with Crippen LogP contribution in [0, 0.1) is 5.92 Å². The van der Waals surface area contributed by atoms with Crippen molar-refractivity contribution in [3.63, 3.8) is 0 Å². The van der Waals surface area contributed by atoms with Crippen molar-refractivity contribution >= 4 is 23.6 Å². The van der Waals surface area contributed by atoms with E-state index in [9.17, 15) is 14.4 Å². The molecule has 1 unspecified atom stereocenters. The molecule has 0 aliphatic carbocycles. The van der Waals surface area contributed by atoms with E-state index in [1.54, 1.807) is 20.2 Å². The molecule has 1 aromatic heterocycles. The van der Waals surface area contributed by atoms with Gasteiger partial charge >= 0.3 is 6.09 Å². The van der Waals surface area contributed by atoms with Crippen LogP contribution in [0.3, 0.4) is 0 Å². The quantitative estimate of drug-likeness (QED) is 0.820. The van der Waals surface area contributed by atoms with Crippen LogP contribution in [-0.2, 0) is 9.53 Å². The topological polar surface area (TPSA) is 101 Å². The zero-order valence-electron chi connectivity index (χ0n) is 14.6. The van der Waals surface area contributed by atoms with Crippen LogP contribution in [0.1, 0.15) is 30.8 Å². The highest BCUT2D eigenvalue weighted by molar-refractivity contribution is 5.98. The molecule has 0 saturated heterocycles. The molecule has 1 aromatic rings. The lowest BCUT2D eigenvalue weighted by atomic mass is 10.0. The fourth-order valence-corrected chi connectivity index (χ4v) is 1.99. The average molecular weight is 336 g/mol. The lowest BCUT2D eigenvalue weighted by Gasteiger charge is -2.19. The van der Waals surface area contributed by atoms with E-state index in [1.807, 2.05) is 13.8 Å². The van der Waals surface area contributed by atoms with E-state index in [0.717, 1.165) is 0 Å². The molecular formula is C16H24N4O4. The monoisotopic (exact) mass is 336 g/mol. The molecule has 8 heteroatoms. The maximum absolute atomic E-state index is 12.4. The number of ether oxygens (including phenoxy) is 1. The Labute approximate surface area is 141 Å². The second kappa shape index (κ2) is 8.85. The van der Waals surface area contributed by atoms with Crippen LogP contribution in [0.4, 0.5) is 10.5 Å². The third kappa shape index (κ3) is 5.86. The number of nitrogens with zero attached hydrogens (tertiary/aromatic N) is 2. The molecule has 0 spiro atoms. The van der Waals surface area contributed by atoms with Crippen molar-refractivity contribution in [2.45, 2.75) is 26.3 Å². The first-order valence-electron chi connectivity index (χ1n) is 7.57. The van der Waals surface area contributed by atoms with Crippen molar-refractivity contribution < 1.29 is 19.1 Å². The van der Waals surface area contributed by atoms with Crippen molar-refractivity contribution in [1.29, 1.82) is 0 Å². The van der Waals surface area contributed by atoms with Crippen LogP contribution in [0.15, 0.2) is 18.3 Å². The number of amides is 3. The van der Waals surface area contributed by atoms with Gasteiger partial charge in [0, 0.05) is 26.0 Å². The first-order valence-corrected chi connectivity index (χ1v) is 7.57. The molecule has 0 aliphatic heterocycles. The number of carbonyl (C=O) groups excluding carboxylic acids is 3. The molecule has 0 aliphatic rings. The smallest absolute Gasteiger partial charge is 0.407 e. The molecule has 0 bridgehead atoms. The number of alkyl carbamates (subject to hydrolysis) is 1. The summed E-state index contributed by atoms with van der Waals surface area (Å²) in [5.74, 6) is -0.456. The second-order valence-corrected chi connectivity index (χ2v) is 5.94. The minimum Gasteiger partial charge on any atom is -0.453 e. The number of hydrogen-bond acceptors (Lipinski definition) is 5. The number of hydrogen-bond donors (Lipinski definition) is 2. The largest absolute Gasteiger partial charge is 0.453 e. The van der Waals surface area contributed by atoms with Gasteiger partial charge in [0.05, 0.1) is 7.11 Å². The maximum Gasteiger partial charge on any atom is 0.407 e. The predicted molar refractivity (Wildman–Crippen MR) is 89.7 cm³/mol. The minimum absolute atomic E-state index is 0.196. The van der Waals surface area contributed by atoms with E-state index >= 15 is 0 Å². The first-order chi connectivity index (χ1) is 11.2. The highest BCUT2D eigenvalue weighted by Gasteiger charge is 2.22. The standard InChI is InChI=1S/C16H24N4O4/c1-10(2)8-12(19-16(23)24-5)14(21)18-11-6-7-17-13(9-11)15(22)20(3)4/h6-7,9-10,12H,8H2,1-5H3,(H,19,23)(H,17,18,21). The number of anilines is 1. The van der Waals surface area contributed by atoms with Gasteiger partial charge < -0.3 is 20.3 Å². The SMILES string of the molecule is COC(=O)NC(CC(C)C)C(=O)Nc1ccnc(C(=O)N(C)C)c1. The molecule has 132 valence electrons. The van der Waals surface area contributed by atoms with Crippen LogP contribution in [0.5, 0.6) is 0 Å². The van der Waals surface area contributed by atoms with Gasteiger partial charge in [0.25, 0.3) is 5.91 Å². The highest BCUT2D eigenvalue weighted by atomic mass is 16.5. The molecule has 3 amide bonds. The van der Waals surface area contributed by atoms with Crippen LogP contribution in [0.25, 0.3) is 0 Å². The van der Waals surface area contributed by atoms with Gasteiger partial charge in [-0.3, -0.25) is 14.6 Å². The summed E-state index contributed by atoms with van der Waals surface area (Å²) < 4.78 is 4.55. The summed E-state index contributed by atoms with van der Waals surface area (Å²) in [6.45, 7) is 3.89. The molecular weight excluding hydrogens is 312 g/mol. The van der Waals surface area contributed by atoms with Gasteiger partial charge in [-0.15, -0.1) is 0 Å². The van der Waals surface area contributed by atoms with Crippen LogP contribution < -0.4 is 10.6 Å². The molecule has 1 rings (SSSR count). The third-order valence-electron chi connectivity index (χ3n) is 3.15. The number of carbonyl (C=O) groups is 3. The molecule has 1 heterocycles. The number of aromatic nitrogens is 1. The summed E-state index contributed by atoms with van der Waals surface area (Å²) in [5.41, 5.74) is 0.653. The Balaban J connectivity index is 2.88. The zero-order chi connectivity index (χ0) is 18.3. The Bertz CT molecular complexity index is 601. The van der Waals surface area contributed by atoms with Crippen molar-refractivity contribution in [2.75, 3.05) is 26.5 Å². The molecule has 0 fully saturated rings. The third-order valence-corrected chi connectivity index (χ3v) is 3.15. The summed E-state index contributed by atoms with van der Waals surface area (Å²) >= 11 is 0. The maximum atomic E-state index is 12.4. The van der Waals surface area contributed by atoms with Gasteiger partial charge in [-0.1, -0.05) is 13.8 Å². The minimum atomic E-state index is -0.737. The number of nitrogens with one attached hydrogen (secondary N) is 2. The van der Waals surface area contributed by atoms with Crippen molar-refractivity contribution in [2.24, 2.45) is 5.92 Å². The van der Waals surface area contributed by atoms with Gasteiger partial charge in [-0.05, 0) is 24.5 Å². The molecule has 0 saturated carbocycles. The molecule has 8 nitrogen and oxygen atoms in total. The number of rotatable bonds is 6. The summed E-state index contributed by atoms with van der Waals surface area (Å²) in [6, 6.07) is 2.33. The Morgan fingerprint density at radius 1 is 1.29 bits per heavy atom. The molecule has 0 aromatic carbocycles. The van der Waals surface area contributed by atoms with E-state index in [1.165, 1.54) is 24.3 Å². The highest BCUT2D eigenvalue weighted by Crippen LogP contribution is 2.12. The van der Waals surface area contributed by atoms with E-state index in [0.29, 0.717) is 12.1 Å². The Hall–Kier alpha value is -2.64. The summed E-state index contributed by atoms with van der Waals surface area (Å²) in [4.78, 5) is 41.1. The predicted octanol–water partition coefficient (Wildman–Crippen LogP) is 1.49. The van der Waals surface area contributed by atoms with Crippen LogP contribution in [-0.4, -0.2) is 55.0 Å². The Kier molecular flexibility index (Phi) is 7.16. The normalized spacial score (nSPS) is 11.6. The number of methoxy groups -OCH3 is 1. The molecule has 2 N–H and O–H groups in total. The van der Waals surface area contributed by atoms with Crippen molar-refractivity contribution in [3.8, 4) is 0 Å². The van der Waals surface area contributed by atoms with Gasteiger partial charge in [0.1, 0.15) is 11.7 Å². The Morgan fingerprint density at radius 3 is 2.50 bits per heavy atom. The molecule has 1 atom stereocenters.